The first-order chi connectivity index (χ1) is 10.8. The molecule has 23 heavy (non-hydrogen) atoms. The predicted molar refractivity (Wildman–Crippen MR) is 88.3 cm³/mol. The lowest BCUT2D eigenvalue weighted by Gasteiger charge is -2.17. The molecule has 130 valence electrons. The molecule has 1 rings (SSSR count). The molecule has 4 N–H and O–H groups in total. The minimum atomic E-state index is -3.80. The van der Waals surface area contributed by atoms with Crippen molar-refractivity contribution >= 4 is 21.7 Å². The lowest BCUT2D eigenvalue weighted by Crippen LogP contribution is -2.26. The maximum Gasteiger partial charge on any atom is 0.337 e. The molecule has 1 aromatic rings. The molecule has 0 amide bonds. The molecule has 1 atom stereocenters. The molecule has 0 aliphatic carbocycles. The smallest absolute Gasteiger partial charge is 0.337 e. The first-order valence-electron chi connectivity index (χ1n) is 7.56. The largest absolute Gasteiger partial charge is 0.478 e. The Hall–Kier alpha value is -1.64. The third-order valence-corrected chi connectivity index (χ3v) is 4.74. The second kappa shape index (κ2) is 8.85. The van der Waals surface area contributed by atoms with Gasteiger partial charge in [-0.3, -0.25) is 0 Å². The Morgan fingerprint density at radius 3 is 2.61 bits per heavy atom. The third kappa shape index (κ3) is 5.81. The highest BCUT2D eigenvalue weighted by molar-refractivity contribution is 7.89. The molecule has 0 spiro atoms. The summed E-state index contributed by atoms with van der Waals surface area (Å²) in [6.07, 6.45) is 2.12. The van der Waals surface area contributed by atoms with Crippen molar-refractivity contribution < 1.29 is 23.4 Å². The fourth-order valence-electron chi connectivity index (χ4n) is 2.13. The number of aliphatic hydroxyl groups excluding tert-OH is 1. The van der Waals surface area contributed by atoms with Gasteiger partial charge in [0, 0.05) is 24.9 Å². The van der Waals surface area contributed by atoms with Gasteiger partial charge in [0.2, 0.25) is 10.0 Å². The van der Waals surface area contributed by atoms with Crippen LogP contribution in [0, 0.1) is 0 Å². The van der Waals surface area contributed by atoms with Crippen LogP contribution in [-0.2, 0) is 10.0 Å². The summed E-state index contributed by atoms with van der Waals surface area (Å²) in [7, 11) is -3.80. The van der Waals surface area contributed by atoms with Gasteiger partial charge >= 0.3 is 5.97 Å². The summed E-state index contributed by atoms with van der Waals surface area (Å²) in [6, 6.07) is 4.07. The normalized spacial score (nSPS) is 12.8. The highest BCUT2D eigenvalue weighted by Crippen LogP contribution is 2.22. The molecule has 0 fully saturated rings. The van der Waals surface area contributed by atoms with E-state index in [0.29, 0.717) is 12.1 Å². The van der Waals surface area contributed by atoms with Crippen LogP contribution in [0.1, 0.15) is 43.5 Å². The van der Waals surface area contributed by atoms with Crippen molar-refractivity contribution in [2.24, 2.45) is 0 Å². The van der Waals surface area contributed by atoms with Gasteiger partial charge in [-0.05, 0) is 38.0 Å². The lowest BCUT2D eigenvalue weighted by atomic mass is 10.1. The summed E-state index contributed by atoms with van der Waals surface area (Å²) < 4.78 is 26.5. The molecule has 0 unspecified atom stereocenters. The highest BCUT2D eigenvalue weighted by Gasteiger charge is 2.19. The van der Waals surface area contributed by atoms with Crippen molar-refractivity contribution in [2.75, 3.05) is 18.5 Å². The van der Waals surface area contributed by atoms with Crippen LogP contribution in [0.3, 0.4) is 0 Å². The molecule has 7 nitrogen and oxygen atoms in total. The maximum atomic E-state index is 12.1. The summed E-state index contributed by atoms with van der Waals surface area (Å²) in [5.41, 5.74) is 0.311. The van der Waals surface area contributed by atoms with Gasteiger partial charge in [-0.25, -0.2) is 17.9 Å². The third-order valence-electron chi connectivity index (χ3n) is 3.28. The number of aliphatic hydroxyl groups is 1. The van der Waals surface area contributed by atoms with E-state index in [0.717, 1.165) is 18.9 Å². The number of benzene rings is 1. The van der Waals surface area contributed by atoms with Gasteiger partial charge in [0.05, 0.1) is 10.5 Å². The Morgan fingerprint density at radius 1 is 1.35 bits per heavy atom. The molecule has 0 aliphatic rings. The first-order valence-corrected chi connectivity index (χ1v) is 9.04. The second-order valence-corrected chi connectivity index (χ2v) is 7.09. The fraction of sp³-hybridized carbons (Fsp3) is 0.533. The maximum absolute atomic E-state index is 12.1. The van der Waals surface area contributed by atoms with Crippen LogP contribution in [0.5, 0.6) is 0 Å². The van der Waals surface area contributed by atoms with E-state index in [-0.39, 0.29) is 29.7 Å². The number of hydrogen-bond acceptors (Lipinski definition) is 5. The quantitative estimate of drug-likeness (QED) is 0.480. The van der Waals surface area contributed by atoms with Crippen LogP contribution in [0.2, 0.25) is 0 Å². The van der Waals surface area contributed by atoms with Gasteiger partial charge in [-0.15, -0.1) is 0 Å². The standard InChI is InChI=1S/C15H24N2O5S/c1-3-5-11(2)17-14-7-6-12(10-13(14)15(19)20)23(21,22)16-8-4-9-18/h6-7,10-11,16-18H,3-5,8-9H2,1-2H3,(H,19,20)/t11-/m0/s1. The SMILES string of the molecule is CCC[C@H](C)Nc1ccc(S(=O)(=O)NCCCO)cc1C(=O)O. The number of carboxylic acid groups (broad SMARTS) is 1. The molecule has 0 aliphatic heterocycles. The van der Waals surface area contributed by atoms with Gasteiger partial charge in [-0.2, -0.15) is 0 Å². The summed E-state index contributed by atoms with van der Waals surface area (Å²) in [4.78, 5) is 11.3. The van der Waals surface area contributed by atoms with Crippen molar-refractivity contribution in [1.82, 2.24) is 4.72 Å². The molecular weight excluding hydrogens is 320 g/mol. The Bertz CT molecular complexity index is 631. The number of hydrogen-bond donors (Lipinski definition) is 4. The molecule has 0 aromatic heterocycles. The van der Waals surface area contributed by atoms with Crippen LogP contribution < -0.4 is 10.0 Å². The van der Waals surface area contributed by atoms with E-state index in [1.807, 2.05) is 13.8 Å². The predicted octanol–water partition coefficient (Wildman–Crippen LogP) is 1.65. The fourth-order valence-corrected chi connectivity index (χ4v) is 3.23. The summed E-state index contributed by atoms with van der Waals surface area (Å²) in [5.74, 6) is -1.19. The van der Waals surface area contributed by atoms with Crippen LogP contribution in [-0.4, -0.2) is 43.8 Å². The number of anilines is 1. The van der Waals surface area contributed by atoms with E-state index in [2.05, 4.69) is 10.0 Å². The average Bonchev–Trinajstić information content (AvgIpc) is 2.47. The van der Waals surface area contributed by atoms with Crippen molar-refractivity contribution in [3.63, 3.8) is 0 Å². The Balaban J connectivity index is 3.05. The molecule has 0 radical (unpaired) electrons. The van der Waals surface area contributed by atoms with E-state index in [4.69, 9.17) is 5.11 Å². The topological polar surface area (TPSA) is 116 Å². The van der Waals surface area contributed by atoms with E-state index in [1.165, 1.54) is 12.1 Å². The van der Waals surface area contributed by atoms with Crippen LogP contribution in [0.25, 0.3) is 0 Å². The zero-order valence-corrected chi connectivity index (χ0v) is 14.2. The summed E-state index contributed by atoms with van der Waals surface area (Å²) >= 11 is 0. The number of nitrogens with one attached hydrogen (secondary N) is 2. The van der Waals surface area contributed by atoms with Crippen LogP contribution >= 0.6 is 0 Å². The van der Waals surface area contributed by atoms with Gasteiger partial charge in [0.1, 0.15) is 0 Å². The van der Waals surface area contributed by atoms with E-state index in [1.54, 1.807) is 0 Å². The summed E-state index contributed by atoms with van der Waals surface area (Å²) in [6.45, 7) is 3.94. The van der Waals surface area contributed by atoms with E-state index >= 15 is 0 Å². The molecule has 0 bridgehead atoms. The van der Waals surface area contributed by atoms with Gasteiger partial charge in [0.15, 0.2) is 0 Å². The average molecular weight is 344 g/mol. The van der Waals surface area contributed by atoms with Crippen molar-refractivity contribution in [3.05, 3.63) is 23.8 Å². The Morgan fingerprint density at radius 2 is 2.04 bits per heavy atom. The zero-order chi connectivity index (χ0) is 17.5. The molecule has 0 saturated heterocycles. The van der Waals surface area contributed by atoms with E-state index in [9.17, 15) is 18.3 Å². The monoisotopic (exact) mass is 344 g/mol. The van der Waals surface area contributed by atoms with E-state index < -0.39 is 16.0 Å². The zero-order valence-electron chi connectivity index (χ0n) is 13.4. The van der Waals surface area contributed by atoms with Crippen LogP contribution in [0.15, 0.2) is 23.1 Å². The number of carboxylic acids is 1. The molecule has 0 saturated carbocycles. The van der Waals surface area contributed by atoms with Crippen molar-refractivity contribution in [3.8, 4) is 0 Å². The van der Waals surface area contributed by atoms with Crippen LogP contribution in [0.4, 0.5) is 5.69 Å². The number of carbonyl (C=O) groups is 1. The van der Waals surface area contributed by atoms with Gasteiger partial charge < -0.3 is 15.5 Å². The molecule has 8 heteroatoms. The van der Waals surface area contributed by atoms with Gasteiger partial charge in [-0.1, -0.05) is 13.3 Å². The first kappa shape index (κ1) is 19.4. The van der Waals surface area contributed by atoms with Gasteiger partial charge in [0.25, 0.3) is 0 Å². The lowest BCUT2D eigenvalue weighted by molar-refractivity contribution is 0.0697. The second-order valence-electron chi connectivity index (χ2n) is 5.32. The number of sulfonamides is 1. The van der Waals surface area contributed by atoms with Crippen molar-refractivity contribution in [1.29, 1.82) is 0 Å². The molecular formula is C15H24N2O5S. The molecule has 1 aromatic carbocycles. The summed E-state index contributed by atoms with van der Waals surface area (Å²) in [5, 5.41) is 21.1. The Kier molecular flexibility index (Phi) is 7.47. The molecule has 0 heterocycles. The minimum absolute atomic E-state index is 0.0852. The number of rotatable bonds is 10. The van der Waals surface area contributed by atoms with Crippen molar-refractivity contribution in [2.45, 2.75) is 44.0 Å². The minimum Gasteiger partial charge on any atom is -0.478 e. The number of aromatic carboxylic acids is 1. The Labute approximate surface area is 136 Å². The highest BCUT2D eigenvalue weighted by atomic mass is 32.2.